The van der Waals surface area contributed by atoms with Crippen molar-refractivity contribution in [1.29, 1.82) is 0 Å². The van der Waals surface area contributed by atoms with E-state index in [-0.39, 0.29) is 11.2 Å². The van der Waals surface area contributed by atoms with E-state index in [2.05, 4.69) is 97.6 Å². The van der Waals surface area contributed by atoms with Crippen LogP contribution in [0.1, 0.15) is 65.9 Å². The first-order chi connectivity index (χ1) is 17.7. The third kappa shape index (κ3) is 5.59. The van der Waals surface area contributed by atoms with Crippen LogP contribution in [0.3, 0.4) is 0 Å². The molecule has 5 rings (SSSR count). The number of hydrogen-bond acceptors (Lipinski definition) is 6. The summed E-state index contributed by atoms with van der Waals surface area (Å²) in [6, 6.07) is 6.16. The topological polar surface area (TPSA) is 61.4 Å². The van der Waals surface area contributed by atoms with E-state index >= 15 is 0 Å². The number of likely N-dealkylation sites (N-methyl/N-ethyl adjacent to an activating group) is 2. The normalized spacial score (nSPS) is 18.0. The van der Waals surface area contributed by atoms with Gasteiger partial charge in [-0.25, -0.2) is 9.97 Å². The molecular formula is C31H37N5O. The molecule has 0 unspecified atom stereocenters. The molecule has 1 aromatic heterocycles. The van der Waals surface area contributed by atoms with Gasteiger partial charge < -0.3 is 15.1 Å². The minimum Gasteiger partial charge on any atom is -0.377 e. The molecule has 0 bridgehead atoms. The molecule has 6 heteroatoms. The average Bonchev–Trinajstić information content (AvgIpc) is 3.24. The molecule has 6 nitrogen and oxygen atoms in total. The van der Waals surface area contributed by atoms with Crippen molar-refractivity contribution in [3.8, 4) is 0 Å². The number of carbonyl (C=O) groups is 1. The number of nitrogens with zero attached hydrogens (tertiary/aromatic N) is 4. The molecule has 37 heavy (non-hydrogen) atoms. The van der Waals surface area contributed by atoms with Crippen LogP contribution in [0, 0.1) is 5.41 Å². The van der Waals surface area contributed by atoms with Gasteiger partial charge >= 0.3 is 0 Å². The summed E-state index contributed by atoms with van der Waals surface area (Å²) in [5.41, 5.74) is 8.37. The van der Waals surface area contributed by atoms with Gasteiger partial charge in [-0.15, -0.1) is 0 Å². The Morgan fingerprint density at radius 2 is 1.92 bits per heavy atom. The average molecular weight is 496 g/mol. The van der Waals surface area contributed by atoms with Crippen molar-refractivity contribution in [2.24, 2.45) is 5.41 Å². The highest BCUT2D eigenvalue weighted by Crippen LogP contribution is 2.36. The Hall–Kier alpha value is -3.51. The van der Waals surface area contributed by atoms with Gasteiger partial charge in [0.15, 0.2) is 5.78 Å². The first-order valence-electron chi connectivity index (χ1n) is 13.2. The first-order valence-corrected chi connectivity index (χ1v) is 13.2. The summed E-state index contributed by atoms with van der Waals surface area (Å²) in [5.74, 6) is 0.834. The number of benzene rings is 1. The summed E-state index contributed by atoms with van der Waals surface area (Å²) in [4.78, 5) is 26.8. The molecule has 192 valence electrons. The van der Waals surface area contributed by atoms with Crippen LogP contribution in [0.15, 0.2) is 60.1 Å². The molecule has 0 atom stereocenters. The van der Waals surface area contributed by atoms with E-state index < -0.39 is 0 Å². The molecule has 2 aromatic rings. The van der Waals surface area contributed by atoms with Crippen molar-refractivity contribution < 1.29 is 4.79 Å². The van der Waals surface area contributed by atoms with Crippen molar-refractivity contribution in [3.05, 3.63) is 88.0 Å². The largest absolute Gasteiger partial charge is 0.377 e. The molecule has 0 spiro atoms. The second kappa shape index (κ2) is 10.1. The van der Waals surface area contributed by atoms with E-state index in [9.17, 15) is 4.79 Å². The zero-order valence-electron chi connectivity index (χ0n) is 22.6. The number of fused-ring (bicyclic) bond motifs is 2. The minimum absolute atomic E-state index is 0.127. The molecular weight excluding hydrogens is 458 g/mol. The van der Waals surface area contributed by atoms with Crippen LogP contribution in [-0.4, -0.2) is 59.8 Å². The van der Waals surface area contributed by atoms with Crippen LogP contribution in [0.5, 0.6) is 0 Å². The van der Waals surface area contributed by atoms with Gasteiger partial charge in [-0.05, 0) is 61.2 Å². The van der Waals surface area contributed by atoms with Gasteiger partial charge in [-0.3, -0.25) is 4.79 Å². The molecule has 0 aliphatic heterocycles. The van der Waals surface area contributed by atoms with Gasteiger partial charge in [0.1, 0.15) is 0 Å². The highest BCUT2D eigenvalue weighted by atomic mass is 16.1. The van der Waals surface area contributed by atoms with Gasteiger partial charge in [0.25, 0.3) is 0 Å². The molecule has 0 saturated carbocycles. The van der Waals surface area contributed by atoms with Crippen molar-refractivity contribution in [3.63, 3.8) is 0 Å². The van der Waals surface area contributed by atoms with Crippen LogP contribution in [0.2, 0.25) is 0 Å². The van der Waals surface area contributed by atoms with Gasteiger partial charge in [0, 0.05) is 61.7 Å². The third-order valence-corrected chi connectivity index (χ3v) is 7.37. The van der Waals surface area contributed by atoms with E-state index in [4.69, 9.17) is 4.98 Å². The van der Waals surface area contributed by atoms with Crippen molar-refractivity contribution in [1.82, 2.24) is 19.8 Å². The standard InChI is InChI=1S/C31H37N5O/c1-31(2)14-13-22-17-21(9-10-26(22)29(37)19-31)25-11-12-28-27(25)20-32-30(34-28)33-23-7-6-8-24(18-23)36(5)16-15-35(3)4/h7,9-11,13-14,17-18,20H,6,8,12,15-16,19H2,1-5H3,(H,32,33,34). The first kappa shape index (κ1) is 25.2. The zero-order valence-corrected chi connectivity index (χ0v) is 22.6. The van der Waals surface area contributed by atoms with Crippen LogP contribution >= 0.6 is 0 Å². The highest BCUT2D eigenvalue weighted by molar-refractivity contribution is 6.01. The summed E-state index contributed by atoms with van der Waals surface area (Å²) in [6.45, 7) is 6.24. The van der Waals surface area contributed by atoms with E-state index in [0.29, 0.717) is 12.4 Å². The predicted octanol–water partition coefficient (Wildman–Crippen LogP) is 5.56. The van der Waals surface area contributed by atoms with E-state index in [1.165, 1.54) is 5.70 Å². The molecule has 3 aliphatic carbocycles. The number of ketones is 1. The molecule has 1 heterocycles. The highest BCUT2D eigenvalue weighted by Gasteiger charge is 2.26. The van der Waals surface area contributed by atoms with Gasteiger partial charge in [0.05, 0.1) is 5.69 Å². The zero-order chi connectivity index (χ0) is 26.2. The summed E-state index contributed by atoms with van der Waals surface area (Å²) >= 11 is 0. The lowest BCUT2D eigenvalue weighted by Gasteiger charge is -2.26. The van der Waals surface area contributed by atoms with Crippen molar-refractivity contribution in [2.75, 3.05) is 39.5 Å². The van der Waals surface area contributed by atoms with E-state index in [0.717, 1.165) is 71.6 Å². The van der Waals surface area contributed by atoms with E-state index in [1.54, 1.807) is 0 Å². The van der Waals surface area contributed by atoms with Gasteiger partial charge in [-0.2, -0.15) is 0 Å². The number of Topliss-reactive ketones (excluding diaryl/α,β-unsaturated/α-hetero) is 1. The number of allylic oxidation sites excluding steroid dienone is 5. The van der Waals surface area contributed by atoms with E-state index in [1.807, 2.05) is 12.3 Å². The maximum absolute atomic E-state index is 12.8. The fourth-order valence-corrected chi connectivity index (χ4v) is 5.14. The molecule has 1 N–H and O–H groups in total. The molecule has 0 amide bonds. The molecule has 0 radical (unpaired) electrons. The summed E-state index contributed by atoms with van der Waals surface area (Å²) < 4.78 is 0. The quantitative estimate of drug-likeness (QED) is 0.543. The summed E-state index contributed by atoms with van der Waals surface area (Å²) in [7, 11) is 6.37. The Bertz CT molecular complexity index is 1350. The lowest BCUT2D eigenvalue weighted by molar-refractivity contribution is 0.0951. The van der Waals surface area contributed by atoms with Crippen LogP contribution < -0.4 is 5.32 Å². The third-order valence-electron chi connectivity index (χ3n) is 7.37. The predicted molar refractivity (Wildman–Crippen MR) is 151 cm³/mol. The minimum atomic E-state index is -0.127. The smallest absolute Gasteiger partial charge is 0.227 e. The number of nitrogens with one attached hydrogen (secondary N) is 1. The van der Waals surface area contributed by atoms with Crippen LogP contribution in [0.4, 0.5) is 5.95 Å². The molecule has 0 saturated heterocycles. The Kier molecular flexibility index (Phi) is 6.86. The van der Waals surface area contributed by atoms with Crippen molar-refractivity contribution in [2.45, 2.75) is 39.5 Å². The fraction of sp³-hybridized carbons (Fsp3) is 0.387. The second-order valence-electron chi connectivity index (χ2n) is 11.3. The Balaban J connectivity index is 1.32. The van der Waals surface area contributed by atoms with Crippen LogP contribution in [0.25, 0.3) is 11.6 Å². The number of rotatable bonds is 7. The number of carbonyl (C=O) groups excluding carboxylic acids is 1. The summed E-state index contributed by atoms with van der Waals surface area (Å²) in [6.07, 6.45) is 16.2. The van der Waals surface area contributed by atoms with Gasteiger partial charge in [0.2, 0.25) is 5.95 Å². The van der Waals surface area contributed by atoms with Gasteiger partial charge in [-0.1, -0.05) is 50.3 Å². The molecule has 1 aromatic carbocycles. The van der Waals surface area contributed by atoms with Crippen LogP contribution in [-0.2, 0) is 6.42 Å². The van der Waals surface area contributed by atoms with Crippen molar-refractivity contribution >= 4 is 23.4 Å². The fourth-order valence-electron chi connectivity index (χ4n) is 5.14. The molecule has 3 aliphatic rings. The Morgan fingerprint density at radius 3 is 2.73 bits per heavy atom. The summed E-state index contributed by atoms with van der Waals surface area (Å²) in [5, 5.41) is 3.43. The maximum Gasteiger partial charge on any atom is 0.227 e. The SMILES string of the molecule is CN(C)CCN(C)C1=CC(Nc2ncc3c(n2)CC=C3c2ccc3c(c2)C=CC(C)(C)CC3=O)=CCC1. The number of aromatic nitrogens is 2. The lowest BCUT2D eigenvalue weighted by atomic mass is 9.87. The Labute approximate surface area is 220 Å². The second-order valence-corrected chi connectivity index (χ2v) is 11.3. The lowest BCUT2D eigenvalue weighted by Crippen LogP contribution is -2.29. The monoisotopic (exact) mass is 495 g/mol. The number of anilines is 1. The molecule has 0 fully saturated rings. The number of hydrogen-bond donors (Lipinski definition) is 1. The Morgan fingerprint density at radius 1 is 1.08 bits per heavy atom. The maximum atomic E-state index is 12.8.